The van der Waals surface area contributed by atoms with Crippen molar-refractivity contribution >= 4 is 10.2 Å². The number of imidazole rings is 1. The summed E-state index contributed by atoms with van der Waals surface area (Å²) in [6, 6.07) is 9.48. The van der Waals surface area contributed by atoms with Crippen molar-refractivity contribution in [2.75, 3.05) is 13.6 Å². The van der Waals surface area contributed by atoms with Crippen LogP contribution in [0.15, 0.2) is 42.9 Å². The van der Waals surface area contributed by atoms with Crippen LogP contribution in [0.2, 0.25) is 0 Å². The summed E-state index contributed by atoms with van der Waals surface area (Å²) in [4.78, 5) is 6.82. The fraction of sp³-hybridized carbons (Fsp3) is 0.308. The van der Waals surface area contributed by atoms with E-state index >= 15 is 0 Å². The average Bonchev–Trinajstić information content (AvgIpc) is 2.93. The topological polar surface area (TPSA) is 78.1 Å². The molecule has 1 heterocycles. The first-order valence-electron chi connectivity index (χ1n) is 6.30. The van der Waals surface area contributed by atoms with E-state index in [9.17, 15) is 8.42 Å². The first-order valence-corrected chi connectivity index (χ1v) is 7.74. The molecule has 0 amide bonds. The average molecular weight is 294 g/mol. The minimum atomic E-state index is -3.46. The van der Waals surface area contributed by atoms with Gasteiger partial charge in [-0.25, -0.2) is 9.71 Å². The molecule has 7 heteroatoms. The van der Waals surface area contributed by atoms with Crippen LogP contribution >= 0.6 is 0 Å². The monoisotopic (exact) mass is 294 g/mol. The third-order valence-electron chi connectivity index (χ3n) is 2.89. The minimum Gasteiger partial charge on any atom is -0.348 e. The van der Waals surface area contributed by atoms with Gasteiger partial charge < -0.3 is 4.98 Å². The molecule has 1 aromatic heterocycles. The third-order valence-corrected chi connectivity index (χ3v) is 4.41. The van der Waals surface area contributed by atoms with E-state index in [0.717, 1.165) is 11.3 Å². The fourth-order valence-corrected chi connectivity index (χ4v) is 2.67. The van der Waals surface area contributed by atoms with Crippen LogP contribution in [0.4, 0.5) is 0 Å². The largest absolute Gasteiger partial charge is 0.348 e. The lowest BCUT2D eigenvalue weighted by molar-refractivity contribution is 0.455. The van der Waals surface area contributed by atoms with E-state index in [1.165, 1.54) is 4.31 Å². The lowest BCUT2D eigenvalue weighted by Gasteiger charge is -2.17. The molecule has 0 aliphatic heterocycles. The summed E-state index contributed by atoms with van der Waals surface area (Å²) in [5.74, 6) is 0. The quantitative estimate of drug-likeness (QED) is 0.797. The molecule has 0 fully saturated rings. The van der Waals surface area contributed by atoms with Crippen LogP contribution < -0.4 is 4.72 Å². The molecule has 0 saturated heterocycles. The van der Waals surface area contributed by atoms with E-state index < -0.39 is 10.2 Å². The molecule has 1 aromatic carbocycles. The maximum Gasteiger partial charge on any atom is 0.279 e. The number of rotatable bonds is 7. The van der Waals surface area contributed by atoms with Crippen LogP contribution in [0.25, 0.3) is 0 Å². The Morgan fingerprint density at radius 3 is 2.70 bits per heavy atom. The molecule has 0 unspecified atom stereocenters. The lowest BCUT2D eigenvalue weighted by atomic mass is 10.2. The number of hydrogen-bond donors (Lipinski definition) is 2. The van der Waals surface area contributed by atoms with Crippen molar-refractivity contribution in [1.29, 1.82) is 0 Å². The molecule has 108 valence electrons. The Morgan fingerprint density at radius 1 is 1.30 bits per heavy atom. The van der Waals surface area contributed by atoms with Crippen LogP contribution in [0, 0.1) is 0 Å². The van der Waals surface area contributed by atoms with Gasteiger partial charge in [0.2, 0.25) is 0 Å². The van der Waals surface area contributed by atoms with Crippen molar-refractivity contribution in [1.82, 2.24) is 19.0 Å². The number of aromatic nitrogens is 2. The van der Waals surface area contributed by atoms with Gasteiger partial charge in [0.25, 0.3) is 10.2 Å². The summed E-state index contributed by atoms with van der Waals surface area (Å²) in [5.41, 5.74) is 1.85. The van der Waals surface area contributed by atoms with E-state index in [1.54, 1.807) is 19.6 Å². The predicted molar refractivity (Wildman–Crippen MR) is 77.1 cm³/mol. The van der Waals surface area contributed by atoms with Crippen molar-refractivity contribution in [2.45, 2.75) is 13.0 Å². The standard InChI is InChI=1S/C13H18N4O2S/c1-17(10-12-5-3-2-4-6-12)20(18,19)16-8-7-13-9-14-11-15-13/h2-6,9,11,16H,7-8,10H2,1H3,(H,14,15). The van der Waals surface area contributed by atoms with Gasteiger partial charge in [-0.2, -0.15) is 12.7 Å². The maximum absolute atomic E-state index is 12.1. The summed E-state index contributed by atoms with van der Waals surface area (Å²) >= 11 is 0. The first kappa shape index (κ1) is 14.7. The molecule has 0 atom stereocenters. The highest BCUT2D eigenvalue weighted by molar-refractivity contribution is 7.87. The Labute approximate surface area is 119 Å². The van der Waals surface area contributed by atoms with Crippen LogP contribution in [0.5, 0.6) is 0 Å². The molecule has 0 aliphatic carbocycles. The van der Waals surface area contributed by atoms with Gasteiger partial charge in [-0.05, 0) is 5.56 Å². The molecule has 6 nitrogen and oxygen atoms in total. The molecular weight excluding hydrogens is 276 g/mol. The number of benzene rings is 1. The smallest absolute Gasteiger partial charge is 0.279 e. The summed E-state index contributed by atoms with van der Waals surface area (Å²) in [5, 5.41) is 0. The minimum absolute atomic E-state index is 0.337. The van der Waals surface area contributed by atoms with E-state index in [-0.39, 0.29) is 0 Å². The number of nitrogens with one attached hydrogen (secondary N) is 2. The molecule has 2 rings (SSSR count). The SMILES string of the molecule is CN(Cc1ccccc1)S(=O)(=O)NCCc1cnc[nH]1. The van der Waals surface area contributed by atoms with Crippen molar-refractivity contribution in [3.63, 3.8) is 0 Å². The molecule has 0 aliphatic rings. The van der Waals surface area contributed by atoms with Gasteiger partial charge in [0.15, 0.2) is 0 Å². The van der Waals surface area contributed by atoms with Crippen molar-refractivity contribution in [3.05, 3.63) is 54.1 Å². The molecule has 20 heavy (non-hydrogen) atoms. The van der Waals surface area contributed by atoms with E-state index in [4.69, 9.17) is 0 Å². The molecular formula is C13H18N4O2S. The Morgan fingerprint density at radius 2 is 2.05 bits per heavy atom. The molecule has 2 aromatic rings. The maximum atomic E-state index is 12.1. The number of nitrogens with zero attached hydrogens (tertiary/aromatic N) is 2. The second kappa shape index (κ2) is 6.65. The van der Waals surface area contributed by atoms with Gasteiger partial charge in [0, 0.05) is 38.4 Å². The first-order chi connectivity index (χ1) is 9.58. The second-order valence-electron chi connectivity index (χ2n) is 4.47. The van der Waals surface area contributed by atoms with Crippen LogP contribution in [-0.4, -0.2) is 36.3 Å². The number of aromatic amines is 1. The van der Waals surface area contributed by atoms with Gasteiger partial charge in [0.05, 0.1) is 6.33 Å². The van der Waals surface area contributed by atoms with E-state index in [1.807, 2.05) is 30.3 Å². The second-order valence-corrected chi connectivity index (χ2v) is 6.33. The zero-order valence-electron chi connectivity index (χ0n) is 11.3. The van der Waals surface area contributed by atoms with Crippen LogP contribution in [0.1, 0.15) is 11.3 Å². The van der Waals surface area contributed by atoms with Crippen LogP contribution in [0.3, 0.4) is 0 Å². The van der Waals surface area contributed by atoms with Crippen LogP contribution in [-0.2, 0) is 23.2 Å². The Hall–Kier alpha value is -1.70. The zero-order valence-corrected chi connectivity index (χ0v) is 12.1. The highest BCUT2D eigenvalue weighted by atomic mass is 32.2. The molecule has 0 bridgehead atoms. The zero-order chi connectivity index (χ0) is 14.4. The summed E-state index contributed by atoms with van der Waals surface area (Å²) in [7, 11) is -1.90. The molecule has 2 N–H and O–H groups in total. The van der Waals surface area contributed by atoms with Gasteiger partial charge in [-0.15, -0.1) is 0 Å². The van der Waals surface area contributed by atoms with Crippen molar-refractivity contribution < 1.29 is 8.42 Å². The van der Waals surface area contributed by atoms with Gasteiger partial charge >= 0.3 is 0 Å². The van der Waals surface area contributed by atoms with E-state index in [2.05, 4.69) is 14.7 Å². The number of hydrogen-bond acceptors (Lipinski definition) is 3. The Kier molecular flexibility index (Phi) is 4.89. The summed E-state index contributed by atoms with van der Waals surface area (Å²) < 4.78 is 28.0. The molecule has 0 radical (unpaired) electrons. The lowest BCUT2D eigenvalue weighted by Crippen LogP contribution is -2.38. The highest BCUT2D eigenvalue weighted by Gasteiger charge is 2.16. The van der Waals surface area contributed by atoms with Gasteiger partial charge in [0.1, 0.15) is 0 Å². The van der Waals surface area contributed by atoms with E-state index in [0.29, 0.717) is 19.5 Å². The van der Waals surface area contributed by atoms with Gasteiger partial charge in [-0.1, -0.05) is 30.3 Å². The third kappa shape index (κ3) is 4.16. The highest BCUT2D eigenvalue weighted by Crippen LogP contribution is 2.05. The predicted octanol–water partition coefficient (Wildman–Crippen LogP) is 0.919. The summed E-state index contributed by atoms with van der Waals surface area (Å²) in [6.45, 7) is 0.684. The summed E-state index contributed by atoms with van der Waals surface area (Å²) in [6.07, 6.45) is 3.84. The fourth-order valence-electron chi connectivity index (χ4n) is 1.77. The van der Waals surface area contributed by atoms with Crippen molar-refractivity contribution in [3.8, 4) is 0 Å². The Bertz CT molecular complexity index is 611. The Balaban J connectivity index is 1.86. The van der Waals surface area contributed by atoms with Gasteiger partial charge in [-0.3, -0.25) is 0 Å². The molecule has 0 spiro atoms. The molecule has 0 saturated carbocycles. The number of H-pyrrole nitrogens is 1. The normalized spacial score (nSPS) is 11.9. The van der Waals surface area contributed by atoms with Crippen molar-refractivity contribution in [2.24, 2.45) is 0 Å².